The molecule has 0 spiro atoms. The fraction of sp³-hybridized carbons (Fsp3) is 0.423. The van der Waals surface area contributed by atoms with Gasteiger partial charge in [-0.3, -0.25) is 9.69 Å². The molecule has 1 aliphatic heterocycles. The minimum absolute atomic E-state index is 0.176. The molecular weight excluding hydrogens is 430 g/mol. The normalized spacial score (nSPS) is 15.5. The van der Waals surface area contributed by atoms with Crippen molar-refractivity contribution in [1.29, 1.82) is 0 Å². The van der Waals surface area contributed by atoms with Crippen LogP contribution in [0.2, 0.25) is 0 Å². The number of aryl methyl sites for hydroxylation is 1. The van der Waals surface area contributed by atoms with Crippen LogP contribution in [0.4, 0.5) is 0 Å². The lowest BCUT2D eigenvalue weighted by atomic mass is 10.1. The van der Waals surface area contributed by atoms with Gasteiger partial charge in [-0.05, 0) is 31.9 Å². The van der Waals surface area contributed by atoms with Crippen molar-refractivity contribution in [1.82, 2.24) is 24.6 Å². The molecule has 0 saturated carbocycles. The van der Waals surface area contributed by atoms with Crippen LogP contribution in [0.5, 0.6) is 0 Å². The first kappa shape index (κ1) is 23.5. The van der Waals surface area contributed by atoms with Crippen LogP contribution in [-0.4, -0.2) is 62.4 Å². The number of piperazine rings is 1. The van der Waals surface area contributed by atoms with Crippen LogP contribution in [0, 0.1) is 6.92 Å². The van der Waals surface area contributed by atoms with Gasteiger partial charge in [0.05, 0.1) is 5.75 Å². The van der Waals surface area contributed by atoms with Crippen LogP contribution < -0.4 is 0 Å². The Morgan fingerprint density at radius 3 is 2.48 bits per heavy atom. The van der Waals surface area contributed by atoms with Gasteiger partial charge in [-0.25, -0.2) is 0 Å². The summed E-state index contributed by atoms with van der Waals surface area (Å²) in [6, 6.07) is 19.3. The SMILES string of the molecule is CCCn1c(SCC(=O)N2CCN(C(C)c3ccccc3)CC2)nnc1-c1cccc(C)c1. The summed E-state index contributed by atoms with van der Waals surface area (Å²) in [6.07, 6.45) is 0.986. The molecule has 1 atom stereocenters. The molecular formula is C26H33N5OS. The Bertz CT molecular complexity index is 1060. The number of carbonyl (C=O) groups is 1. The monoisotopic (exact) mass is 463 g/mol. The molecule has 3 aromatic rings. The molecule has 33 heavy (non-hydrogen) atoms. The summed E-state index contributed by atoms with van der Waals surface area (Å²) in [5, 5.41) is 9.70. The van der Waals surface area contributed by atoms with Gasteiger partial charge in [0.15, 0.2) is 11.0 Å². The predicted molar refractivity (Wildman–Crippen MR) is 134 cm³/mol. The number of aromatic nitrogens is 3. The van der Waals surface area contributed by atoms with Crippen LogP contribution in [0.1, 0.15) is 37.4 Å². The van der Waals surface area contributed by atoms with Crippen molar-refractivity contribution in [3.63, 3.8) is 0 Å². The third-order valence-corrected chi connectivity index (χ3v) is 7.21. The summed E-state index contributed by atoms with van der Waals surface area (Å²) in [6.45, 7) is 10.7. The molecule has 1 amide bonds. The van der Waals surface area contributed by atoms with Crippen molar-refractivity contribution in [3.8, 4) is 11.4 Å². The molecule has 0 bridgehead atoms. The second-order valence-electron chi connectivity index (χ2n) is 8.62. The van der Waals surface area contributed by atoms with Crippen molar-refractivity contribution in [2.24, 2.45) is 0 Å². The van der Waals surface area contributed by atoms with Gasteiger partial charge in [0, 0.05) is 44.3 Å². The van der Waals surface area contributed by atoms with E-state index in [-0.39, 0.29) is 5.91 Å². The van der Waals surface area contributed by atoms with Crippen LogP contribution in [0.25, 0.3) is 11.4 Å². The number of hydrogen-bond donors (Lipinski definition) is 0. The van der Waals surface area contributed by atoms with Crippen molar-refractivity contribution in [3.05, 3.63) is 65.7 Å². The fourth-order valence-electron chi connectivity index (χ4n) is 4.34. The van der Waals surface area contributed by atoms with Gasteiger partial charge in [-0.15, -0.1) is 10.2 Å². The molecule has 174 valence electrons. The van der Waals surface area contributed by atoms with Crippen molar-refractivity contribution < 1.29 is 4.79 Å². The molecule has 0 radical (unpaired) electrons. The molecule has 1 aliphatic rings. The Kier molecular flexibility index (Phi) is 7.83. The Hall–Kier alpha value is -2.64. The first-order valence-electron chi connectivity index (χ1n) is 11.8. The second-order valence-corrected chi connectivity index (χ2v) is 9.56. The quantitative estimate of drug-likeness (QED) is 0.455. The topological polar surface area (TPSA) is 54.3 Å². The molecule has 6 nitrogen and oxygen atoms in total. The lowest BCUT2D eigenvalue weighted by Gasteiger charge is -2.38. The average molecular weight is 464 g/mol. The fourth-order valence-corrected chi connectivity index (χ4v) is 5.20. The minimum Gasteiger partial charge on any atom is -0.339 e. The summed E-state index contributed by atoms with van der Waals surface area (Å²) in [7, 11) is 0. The smallest absolute Gasteiger partial charge is 0.233 e. The highest BCUT2D eigenvalue weighted by molar-refractivity contribution is 7.99. The van der Waals surface area contributed by atoms with Crippen molar-refractivity contribution in [2.45, 2.75) is 44.9 Å². The van der Waals surface area contributed by atoms with E-state index in [4.69, 9.17) is 0 Å². The summed E-state index contributed by atoms with van der Waals surface area (Å²) in [4.78, 5) is 17.4. The standard InChI is InChI=1S/C26H33N5OS/c1-4-13-31-25(23-12-8-9-20(2)18-23)27-28-26(31)33-19-24(32)30-16-14-29(15-17-30)21(3)22-10-6-5-7-11-22/h5-12,18,21H,4,13-17,19H2,1-3H3. The number of hydrogen-bond acceptors (Lipinski definition) is 5. The number of benzene rings is 2. The van der Waals surface area contributed by atoms with Gasteiger partial charge >= 0.3 is 0 Å². The maximum Gasteiger partial charge on any atom is 0.233 e. The van der Waals surface area contributed by atoms with E-state index in [9.17, 15) is 4.79 Å². The zero-order valence-corrected chi connectivity index (χ0v) is 20.6. The summed E-state index contributed by atoms with van der Waals surface area (Å²) < 4.78 is 2.15. The Morgan fingerprint density at radius 1 is 1.03 bits per heavy atom. The molecule has 1 aromatic heterocycles. The number of carbonyl (C=O) groups excluding carboxylic acids is 1. The first-order valence-corrected chi connectivity index (χ1v) is 12.7. The van der Waals surface area contributed by atoms with Crippen LogP contribution in [0.3, 0.4) is 0 Å². The van der Waals surface area contributed by atoms with E-state index in [1.807, 2.05) is 11.0 Å². The van der Waals surface area contributed by atoms with Crippen LogP contribution in [-0.2, 0) is 11.3 Å². The highest BCUT2D eigenvalue weighted by atomic mass is 32.2. The Labute approximate surface area is 201 Å². The van der Waals surface area contributed by atoms with Crippen LogP contribution >= 0.6 is 11.8 Å². The van der Waals surface area contributed by atoms with E-state index in [0.29, 0.717) is 11.8 Å². The van der Waals surface area contributed by atoms with Gasteiger partial charge in [0.1, 0.15) is 0 Å². The van der Waals surface area contributed by atoms with Gasteiger partial charge < -0.3 is 9.47 Å². The second kappa shape index (κ2) is 11.0. The molecule has 1 saturated heterocycles. The molecule has 1 unspecified atom stereocenters. The third-order valence-electron chi connectivity index (χ3n) is 6.26. The molecule has 4 rings (SSSR count). The lowest BCUT2D eigenvalue weighted by Crippen LogP contribution is -2.49. The van der Waals surface area contributed by atoms with E-state index in [0.717, 1.165) is 55.7 Å². The Morgan fingerprint density at radius 2 is 1.79 bits per heavy atom. The largest absolute Gasteiger partial charge is 0.339 e. The number of nitrogens with zero attached hydrogens (tertiary/aromatic N) is 5. The summed E-state index contributed by atoms with van der Waals surface area (Å²) in [5.41, 5.74) is 3.59. The maximum atomic E-state index is 12.9. The first-order chi connectivity index (χ1) is 16.1. The zero-order valence-electron chi connectivity index (χ0n) is 19.8. The number of rotatable bonds is 8. The zero-order chi connectivity index (χ0) is 23.2. The molecule has 7 heteroatoms. The van der Waals surface area contributed by atoms with Crippen molar-refractivity contribution in [2.75, 3.05) is 31.9 Å². The van der Waals surface area contributed by atoms with Gasteiger partial charge in [-0.2, -0.15) is 0 Å². The van der Waals surface area contributed by atoms with Gasteiger partial charge in [0.2, 0.25) is 5.91 Å². The van der Waals surface area contributed by atoms with E-state index >= 15 is 0 Å². The van der Waals surface area contributed by atoms with E-state index < -0.39 is 0 Å². The molecule has 0 N–H and O–H groups in total. The van der Waals surface area contributed by atoms with Crippen molar-refractivity contribution >= 4 is 17.7 Å². The average Bonchev–Trinajstić information content (AvgIpc) is 3.25. The Balaban J connectivity index is 1.35. The number of thioether (sulfide) groups is 1. The summed E-state index contributed by atoms with van der Waals surface area (Å²) >= 11 is 1.50. The minimum atomic E-state index is 0.176. The molecule has 2 heterocycles. The van der Waals surface area contributed by atoms with Crippen LogP contribution in [0.15, 0.2) is 59.8 Å². The van der Waals surface area contributed by atoms with E-state index in [1.165, 1.54) is 22.9 Å². The lowest BCUT2D eigenvalue weighted by molar-refractivity contribution is -0.130. The summed E-state index contributed by atoms with van der Waals surface area (Å²) in [5.74, 6) is 1.44. The van der Waals surface area contributed by atoms with Gasteiger partial charge in [-0.1, -0.05) is 72.8 Å². The molecule has 1 fully saturated rings. The highest BCUT2D eigenvalue weighted by Crippen LogP contribution is 2.26. The third kappa shape index (κ3) is 5.65. The number of amides is 1. The molecule has 2 aromatic carbocycles. The highest BCUT2D eigenvalue weighted by Gasteiger charge is 2.25. The van der Waals surface area contributed by atoms with E-state index in [2.05, 4.69) is 89.0 Å². The van der Waals surface area contributed by atoms with Gasteiger partial charge in [0.25, 0.3) is 0 Å². The maximum absolute atomic E-state index is 12.9. The molecule has 0 aliphatic carbocycles. The predicted octanol–water partition coefficient (Wildman–Crippen LogP) is 4.66. The van der Waals surface area contributed by atoms with E-state index in [1.54, 1.807) is 0 Å².